The number of carbonyl (C=O) groups is 1. The first-order valence-electron chi connectivity index (χ1n) is 8.31. The van der Waals surface area contributed by atoms with Gasteiger partial charge in [0.15, 0.2) is 0 Å². The summed E-state index contributed by atoms with van der Waals surface area (Å²) in [5.74, 6) is -1.37. The van der Waals surface area contributed by atoms with Crippen LogP contribution < -0.4 is 10.2 Å². The summed E-state index contributed by atoms with van der Waals surface area (Å²) < 4.78 is 27.4. The number of benzene rings is 2. The number of halogens is 2. The third-order valence-electron chi connectivity index (χ3n) is 4.35. The number of aliphatic hydroxyl groups is 1. The molecule has 0 radical (unpaired) electrons. The van der Waals surface area contributed by atoms with Gasteiger partial charge in [-0.2, -0.15) is 0 Å². The molecule has 1 heterocycles. The van der Waals surface area contributed by atoms with Gasteiger partial charge in [-0.15, -0.1) is 0 Å². The minimum atomic E-state index is -1.03. The predicted molar refractivity (Wildman–Crippen MR) is 91.5 cm³/mol. The van der Waals surface area contributed by atoms with Crippen LogP contribution in [0.5, 0.6) is 0 Å². The van der Waals surface area contributed by atoms with E-state index in [0.29, 0.717) is 11.3 Å². The van der Waals surface area contributed by atoms with Crippen molar-refractivity contribution < 1.29 is 18.7 Å². The Hall–Kier alpha value is -2.47. The van der Waals surface area contributed by atoms with Crippen LogP contribution in [0.2, 0.25) is 0 Å². The molecular formula is C19H20F2N2O2. The number of hydrogen-bond donors (Lipinski definition) is 2. The lowest BCUT2D eigenvalue weighted by atomic mass is 10.1. The van der Waals surface area contributed by atoms with Crippen LogP contribution in [0, 0.1) is 11.6 Å². The normalized spacial score (nSPS) is 15.2. The maximum Gasteiger partial charge on any atom is 0.251 e. The topological polar surface area (TPSA) is 52.6 Å². The second-order valence-electron chi connectivity index (χ2n) is 6.14. The van der Waals surface area contributed by atoms with E-state index in [0.717, 1.165) is 25.9 Å². The smallest absolute Gasteiger partial charge is 0.251 e. The molecule has 0 unspecified atom stereocenters. The third-order valence-corrected chi connectivity index (χ3v) is 4.35. The summed E-state index contributed by atoms with van der Waals surface area (Å²) >= 11 is 0. The van der Waals surface area contributed by atoms with Gasteiger partial charge in [-0.3, -0.25) is 4.79 Å². The molecule has 1 atom stereocenters. The number of carbonyl (C=O) groups excluding carboxylic acids is 1. The van der Waals surface area contributed by atoms with E-state index < -0.39 is 23.6 Å². The van der Waals surface area contributed by atoms with Gasteiger partial charge < -0.3 is 15.3 Å². The van der Waals surface area contributed by atoms with Crippen LogP contribution in [0.3, 0.4) is 0 Å². The first-order chi connectivity index (χ1) is 12.0. The Balaban J connectivity index is 1.62. The maximum atomic E-state index is 14.3. The Morgan fingerprint density at radius 3 is 2.60 bits per heavy atom. The highest BCUT2D eigenvalue weighted by Gasteiger charge is 2.18. The quantitative estimate of drug-likeness (QED) is 0.875. The van der Waals surface area contributed by atoms with Crippen molar-refractivity contribution in [2.75, 3.05) is 24.5 Å². The SMILES string of the molecule is O=C(NC[C@@H](O)c1cccc(F)c1)c1ccc(N2CCCC2)c(F)c1. The van der Waals surface area contributed by atoms with Crippen molar-refractivity contribution >= 4 is 11.6 Å². The van der Waals surface area contributed by atoms with Crippen LogP contribution in [-0.4, -0.2) is 30.6 Å². The zero-order valence-corrected chi connectivity index (χ0v) is 13.7. The molecule has 0 spiro atoms. The summed E-state index contributed by atoms with van der Waals surface area (Å²) in [7, 11) is 0. The molecule has 6 heteroatoms. The number of rotatable bonds is 5. The highest BCUT2D eigenvalue weighted by molar-refractivity contribution is 5.94. The zero-order chi connectivity index (χ0) is 17.8. The van der Waals surface area contributed by atoms with E-state index in [1.807, 2.05) is 4.90 Å². The molecule has 25 heavy (non-hydrogen) atoms. The lowest BCUT2D eigenvalue weighted by molar-refractivity contribution is 0.0916. The average molecular weight is 346 g/mol. The fraction of sp³-hybridized carbons (Fsp3) is 0.316. The summed E-state index contributed by atoms with van der Waals surface area (Å²) in [6.07, 6.45) is 1.05. The summed E-state index contributed by atoms with van der Waals surface area (Å²) in [6, 6.07) is 9.93. The van der Waals surface area contributed by atoms with E-state index in [2.05, 4.69) is 5.32 Å². The molecule has 0 bridgehead atoms. The second kappa shape index (κ2) is 7.61. The number of nitrogens with one attached hydrogen (secondary N) is 1. The van der Waals surface area contributed by atoms with E-state index in [1.165, 1.54) is 24.3 Å². The van der Waals surface area contributed by atoms with Crippen molar-refractivity contribution in [3.63, 3.8) is 0 Å². The van der Waals surface area contributed by atoms with Crippen molar-refractivity contribution in [1.29, 1.82) is 0 Å². The fourth-order valence-corrected chi connectivity index (χ4v) is 2.99. The van der Waals surface area contributed by atoms with E-state index in [1.54, 1.807) is 18.2 Å². The molecule has 4 nitrogen and oxygen atoms in total. The second-order valence-corrected chi connectivity index (χ2v) is 6.14. The number of hydrogen-bond acceptors (Lipinski definition) is 3. The van der Waals surface area contributed by atoms with Gasteiger partial charge in [-0.05, 0) is 48.7 Å². The Labute approximate surface area is 145 Å². The Kier molecular flexibility index (Phi) is 5.28. The standard InChI is InChI=1S/C19H20F2N2O2/c20-15-5-3-4-13(10-15)18(24)12-22-19(25)14-6-7-17(16(21)11-14)23-8-1-2-9-23/h3-7,10-11,18,24H,1-2,8-9,12H2,(H,22,25)/t18-/m1/s1. The lowest BCUT2D eigenvalue weighted by Crippen LogP contribution is -2.28. The van der Waals surface area contributed by atoms with Gasteiger partial charge in [-0.25, -0.2) is 8.78 Å². The van der Waals surface area contributed by atoms with Crippen LogP contribution in [0.4, 0.5) is 14.5 Å². The van der Waals surface area contributed by atoms with Gasteiger partial charge in [0.2, 0.25) is 0 Å². The lowest BCUT2D eigenvalue weighted by Gasteiger charge is -2.19. The van der Waals surface area contributed by atoms with Crippen LogP contribution in [-0.2, 0) is 0 Å². The van der Waals surface area contributed by atoms with Crippen LogP contribution in [0.25, 0.3) is 0 Å². The van der Waals surface area contributed by atoms with Gasteiger partial charge in [-0.1, -0.05) is 12.1 Å². The first kappa shape index (κ1) is 17.4. The minimum Gasteiger partial charge on any atom is -0.387 e. The molecule has 2 aromatic rings. The summed E-state index contributed by atoms with van der Waals surface area (Å²) in [5, 5.41) is 12.6. The molecule has 132 valence electrons. The zero-order valence-electron chi connectivity index (χ0n) is 13.7. The van der Waals surface area contributed by atoms with Gasteiger partial charge in [0, 0.05) is 25.2 Å². The highest BCUT2D eigenvalue weighted by Crippen LogP contribution is 2.24. The molecule has 2 aromatic carbocycles. The Morgan fingerprint density at radius 2 is 1.92 bits per heavy atom. The minimum absolute atomic E-state index is 0.0855. The monoisotopic (exact) mass is 346 g/mol. The molecule has 0 aromatic heterocycles. The van der Waals surface area contributed by atoms with Crippen LogP contribution >= 0.6 is 0 Å². The van der Waals surface area contributed by atoms with E-state index in [4.69, 9.17) is 0 Å². The molecule has 2 N–H and O–H groups in total. The molecule has 1 fully saturated rings. The van der Waals surface area contributed by atoms with Crippen molar-refractivity contribution in [1.82, 2.24) is 5.32 Å². The molecule has 1 aliphatic heterocycles. The molecule has 1 saturated heterocycles. The van der Waals surface area contributed by atoms with Crippen molar-refractivity contribution in [2.45, 2.75) is 18.9 Å². The van der Waals surface area contributed by atoms with E-state index in [-0.39, 0.29) is 12.1 Å². The number of anilines is 1. The number of nitrogens with zero attached hydrogens (tertiary/aromatic N) is 1. The fourth-order valence-electron chi connectivity index (χ4n) is 2.99. The van der Waals surface area contributed by atoms with E-state index >= 15 is 0 Å². The van der Waals surface area contributed by atoms with E-state index in [9.17, 15) is 18.7 Å². The van der Waals surface area contributed by atoms with Crippen LogP contribution in [0.15, 0.2) is 42.5 Å². The van der Waals surface area contributed by atoms with Crippen molar-refractivity contribution in [3.05, 3.63) is 65.2 Å². The average Bonchev–Trinajstić information content (AvgIpc) is 3.13. The maximum absolute atomic E-state index is 14.3. The molecule has 3 rings (SSSR count). The van der Waals surface area contributed by atoms with Gasteiger partial charge in [0.05, 0.1) is 11.8 Å². The molecular weight excluding hydrogens is 326 g/mol. The van der Waals surface area contributed by atoms with Crippen molar-refractivity contribution in [3.8, 4) is 0 Å². The van der Waals surface area contributed by atoms with Crippen molar-refractivity contribution in [2.24, 2.45) is 0 Å². The molecule has 0 saturated carbocycles. The number of aliphatic hydroxyl groups excluding tert-OH is 1. The highest BCUT2D eigenvalue weighted by atomic mass is 19.1. The third kappa shape index (κ3) is 4.14. The van der Waals surface area contributed by atoms with Gasteiger partial charge in [0.25, 0.3) is 5.91 Å². The molecule has 1 aliphatic rings. The summed E-state index contributed by atoms with van der Waals surface area (Å²) in [6.45, 7) is 1.56. The van der Waals surface area contributed by atoms with Gasteiger partial charge >= 0.3 is 0 Å². The van der Waals surface area contributed by atoms with Crippen LogP contribution in [0.1, 0.15) is 34.9 Å². The summed E-state index contributed by atoms with van der Waals surface area (Å²) in [4.78, 5) is 14.1. The number of amides is 1. The predicted octanol–water partition coefficient (Wildman–Crippen LogP) is 3.03. The van der Waals surface area contributed by atoms with Gasteiger partial charge in [0.1, 0.15) is 11.6 Å². The molecule has 1 amide bonds. The largest absolute Gasteiger partial charge is 0.387 e. The summed E-state index contributed by atoms with van der Waals surface area (Å²) in [5.41, 5.74) is 1.07. The Morgan fingerprint density at radius 1 is 1.16 bits per heavy atom. The Bertz CT molecular complexity index is 761. The molecule has 0 aliphatic carbocycles. The first-order valence-corrected chi connectivity index (χ1v) is 8.31.